The molecule has 136 valence electrons. The maximum atomic E-state index is 13.0. The number of hydrogen-bond acceptors (Lipinski definition) is 3. The molecular formula is C19H21ClN4O2. The van der Waals surface area contributed by atoms with Gasteiger partial charge in [-0.1, -0.05) is 17.7 Å². The summed E-state index contributed by atoms with van der Waals surface area (Å²) in [7, 11) is 1.81. The minimum absolute atomic E-state index is 0.0627. The highest BCUT2D eigenvalue weighted by Crippen LogP contribution is 2.41. The minimum Gasteiger partial charge on any atom is -0.345 e. The van der Waals surface area contributed by atoms with Crippen molar-refractivity contribution in [2.24, 2.45) is 12.5 Å². The number of carbonyl (C=O) groups excluding carboxylic acids is 2. The number of halogens is 1. The summed E-state index contributed by atoms with van der Waals surface area (Å²) in [5.41, 5.74) is 1.00. The van der Waals surface area contributed by atoms with Crippen LogP contribution in [0.4, 0.5) is 0 Å². The van der Waals surface area contributed by atoms with Crippen molar-refractivity contribution < 1.29 is 9.59 Å². The maximum Gasteiger partial charge on any atom is 0.270 e. The lowest BCUT2D eigenvalue weighted by molar-refractivity contribution is -0.135. The van der Waals surface area contributed by atoms with E-state index in [0.29, 0.717) is 43.3 Å². The molecule has 4 heterocycles. The lowest BCUT2D eigenvalue weighted by Gasteiger charge is -2.23. The molecular weight excluding hydrogens is 352 g/mol. The Bertz CT molecular complexity index is 850. The topological polar surface area (TPSA) is 58.4 Å². The third-order valence-corrected chi connectivity index (χ3v) is 5.72. The summed E-state index contributed by atoms with van der Waals surface area (Å²) >= 11 is 6.00. The zero-order valence-electron chi connectivity index (χ0n) is 14.7. The molecule has 1 atom stereocenters. The van der Waals surface area contributed by atoms with Crippen LogP contribution in [-0.4, -0.2) is 50.8 Å². The summed E-state index contributed by atoms with van der Waals surface area (Å²) in [6.07, 6.45) is 4.97. The predicted octanol–water partition coefficient (Wildman–Crippen LogP) is 2.34. The minimum atomic E-state index is -0.445. The van der Waals surface area contributed by atoms with E-state index in [9.17, 15) is 9.59 Å². The van der Waals surface area contributed by atoms with Gasteiger partial charge in [0.15, 0.2) is 0 Å². The van der Waals surface area contributed by atoms with Crippen molar-refractivity contribution in [3.8, 4) is 0 Å². The van der Waals surface area contributed by atoms with Crippen LogP contribution < -0.4 is 0 Å². The van der Waals surface area contributed by atoms with E-state index in [0.717, 1.165) is 12.1 Å². The molecule has 2 saturated heterocycles. The van der Waals surface area contributed by atoms with E-state index >= 15 is 0 Å². The molecule has 0 aliphatic carbocycles. The van der Waals surface area contributed by atoms with Crippen LogP contribution in [0.2, 0.25) is 5.02 Å². The van der Waals surface area contributed by atoms with Gasteiger partial charge in [0.2, 0.25) is 5.91 Å². The van der Waals surface area contributed by atoms with Gasteiger partial charge in [-0.3, -0.25) is 14.6 Å². The molecule has 2 aromatic rings. The van der Waals surface area contributed by atoms with Crippen LogP contribution in [-0.2, 0) is 18.4 Å². The van der Waals surface area contributed by atoms with E-state index in [-0.39, 0.29) is 11.8 Å². The fourth-order valence-corrected chi connectivity index (χ4v) is 4.30. The molecule has 7 heteroatoms. The van der Waals surface area contributed by atoms with Gasteiger partial charge >= 0.3 is 0 Å². The van der Waals surface area contributed by atoms with Crippen LogP contribution in [0.15, 0.2) is 36.7 Å². The number of nitrogens with zero attached hydrogens (tertiary/aromatic N) is 4. The lowest BCUT2D eigenvalue weighted by atomic mass is 9.85. The van der Waals surface area contributed by atoms with Crippen molar-refractivity contribution in [3.63, 3.8) is 0 Å². The number of pyridine rings is 1. The number of amides is 2. The van der Waals surface area contributed by atoms with Crippen molar-refractivity contribution in [2.75, 3.05) is 19.6 Å². The van der Waals surface area contributed by atoms with Crippen molar-refractivity contribution in [3.05, 3.63) is 53.1 Å². The molecule has 0 radical (unpaired) electrons. The van der Waals surface area contributed by atoms with Gasteiger partial charge in [-0.15, -0.1) is 0 Å². The molecule has 0 bridgehead atoms. The van der Waals surface area contributed by atoms with Crippen LogP contribution >= 0.6 is 11.6 Å². The Labute approximate surface area is 157 Å². The van der Waals surface area contributed by atoms with Gasteiger partial charge in [0.25, 0.3) is 5.91 Å². The zero-order valence-corrected chi connectivity index (χ0v) is 15.4. The SMILES string of the molecule is Cn1cc(Cl)cc1C(=O)N1CCC2(CCN(Cc3ccccn3)C2=O)C1. The van der Waals surface area contributed by atoms with E-state index in [2.05, 4.69) is 4.98 Å². The molecule has 1 unspecified atom stereocenters. The average Bonchev–Trinajstić information content (AvgIpc) is 3.30. The van der Waals surface area contributed by atoms with Gasteiger partial charge in [0, 0.05) is 39.1 Å². The highest BCUT2D eigenvalue weighted by Gasteiger charge is 2.51. The molecule has 1 spiro atoms. The quantitative estimate of drug-likeness (QED) is 0.830. The van der Waals surface area contributed by atoms with Crippen LogP contribution in [0.5, 0.6) is 0 Å². The second-order valence-electron chi connectivity index (χ2n) is 7.21. The van der Waals surface area contributed by atoms with Crippen molar-refractivity contribution >= 4 is 23.4 Å². The summed E-state index contributed by atoms with van der Waals surface area (Å²) in [6, 6.07) is 7.41. The summed E-state index contributed by atoms with van der Waals surface area (Å²) in [5, 5.41) is 0.545. The van der Waals surface area contributed by atoms with Gasteiger partial charge in [0.1, 0.15) is 5.69 Å². The third kappa shape index (κ3) is 2.88. The maximum absolute atomic E-state index is 13.0. The second-order valence-corrected chi connectivity index (χ2v) is 7.65. The fraction of sp³-hybridized carbons (Fsp3) is 0.421. The molecule has 2 aliphatic rings. The summed E-state index contributed by atoms with van der Waals surface area (Å²) in [4.78, 5) is 33.8. The Kier molecular flexibility index (Phi) is 4.23. The Balaban J connectivity index is 1.46. The first-order valence-electron chi connectivity index (χ1n) is 8.79. The molecule has 6 nitrogen and oxygen atoms in total. The molecule has 0 N–H and O–H groups in total. The number of rotatable bonds is 3. The van der Waals surface area contributed by atoms with Gasteiger partial charge in [0.05, 0.1) is 22.7 Å². The second kappa shape index (κ2) is 6.43. The van der Waals surface area contributed by atoms with Gasteiger partial charge in [-0.05, 0) is 31.0 Å². The standard InChI is InChI=1S/C19H21ClN4O2/c1-22-11-14(20)10-16(22)17(25)24-9-6-19(13-24)5-8-23(18(19)26)12-15-4-2-3-7-21-15/h2-4,7,10-11H,5-6,8-9,12-13H2,1H3. The van der Waals surface area contributed by atoms with E-state index in [1.807, 2.05) is 23.1 Å². The Hall–Kier alpha value is -2.34. The monoisotopic (exact) mass is 372 g/mol. The molecule has 2 aromatic heterocycles. The van der Waals surface area contributed by atoms with Gasteiger partial charge in [-0.2, -0.15) is 0 Å². The number of aromatic nitrogens is 2. The predicted molar refractivity (Wildman–Crippen MR) is 97.6 cm³/mol. The van der Waals surface area contributed by atoms with Crippen molar-refractivity contribution in [1.82, 2.24) is 19.4 Å². The average molecular weight is 373 g/mol. The van der Waals surface area contributed by atoms with E-state index in [1.54, 1.807) is 35.0 Å². The number of carbonyl (C=O) groups is 2. The summed E-state index contributed by atoms with van der Waals surface area (Å²) < 4.78 is 1.74. The van der Waals surface area contributed by atoms with Crippen LogP contribution in [0.1, 0.15) is 29.0 Å². The fourth-order valence-electron chi connectivity index (χ4n) is 4.05. The first-order chi connectivity index (χ1) is 12.5. The van der Waals surface area contributed by atoms with E-state index < -0.39 is 5.41 Å². The Morgan fingerprint density at radius 3 is 2.81 bits per heavy atom. The van der Waals surface area contributed by atoms with Crippen LogP contribution in [0.3, 0.4) is 0 Å². The van der Waals surface area contributed by atoms with Crippen molar-refractivity contribution in [2.45, 2.75) is 19.4 Å². The lowest BCUT2D eigenvalue weighted by Crippen LogP contribution is -2.38. The molecule has 26 heavy (non-hydrogen) atoms. The third-order valence-electron chi connectivity index (χ3n) is 5.51. The summed E-state index contributed by atoms with van der Waals surface area (Å²) in [5.74, 6) is 0.0793. The molecule has 4 rings (SSSR count). The smallest absolute Gasteiger partial charge is 0.270 e. The molecule has 2 aliphatic heterocycles. The highest BCUT2D eigenvalue weighted by molar-refractivity contribution is 6.31. The van der Waals surface area contributed by atoms with Gasteiger partial charge in [-0.25, -0.2) is 0 Å². The molecule has 2 amide bonds. The van der Waals surface area contributed by atoms with E-state index in [4.69, 9.17) is 11.6 Å². The normalized spacial score (nSPS) is 22.6. The van der Waals surface area contributed by atoms with Crippen molar-refractivity contribution in [1.29, 1.82) is 0 Å². The Morgan fingerprint density at radius 2 is 2.12 bits per heavy atom. The molecule has 0 saturated carbocycles. The largest absolute Gasteiger partial charge is 0.345 e. The van der Waals surface area contributed by atoms with E-state index in [1.165, 1.54) is 0 Å². The Morgan fingerprint density at radius 1 is 1.31 bits per heavy atom. The van der Waals surface area contributed by atoms with Crippen LogP contribution in [0, 0.1) is 5.41 Å². The highest BCUT2D eigenvalue weighted by atomic mass is 35.5. The first-order valence-corrected chi connectivity index (χ1v) is 9.17. The van der Waals surface area contributed by atoms with Crippen LogP contribution in [0.25, 0.3) is 0 Å². The first kappa shape index (κ1) is 17.1. The summed E-state index contributed by atoms with van der Waals surface area (Å²) in [6.45, 7) is 2.33. The zero-order chi connectivity index (χ0) is 18.3. The number of hydrogen-bond donors (Lipinski definition) is 0. The number of likely N-dealkylation sites (tertiary alicyclic amines) is 2. The molecule has 2 fully saturated rings. The van der Waals surface area contributed by atoms with Gasteiger partial charge < -0.3 is 14.4 Å². The molecule has 0 aromatic carbocycles. The number of aryl methyl sites for hydroxylation is 1.